The lowest BCUT2D eigenvalue weighted by atomic mass is 10.1. The van der Waals surface area contributed by atoms with Gasteiger partial charge in [0.2, 0.25) is 6.43 Å². The van der Waals surface area contributed by atoms with Crippen LogP contribution in [0.25, 0.3) is 0 Å². The Morgan fingerprint density at radius 1 is 1.38 bits per heavy atom. The molecule has 0 aliphatic carbocycles. The Morgan fingerprint density at radius 2 is 2.10 bits per heavy atom. The zero-order valence-corrected chi connectivity index (χ0v) is 11.5. The van der Waals surface area contributed by atoms with Crippen LogP contribution in [-0.4, -0.2) is 30.7 Å². The SMILES string of the molecule is CCOC(=O)CC(O)c1ccc(OCCC(F)F)cc1F. The molecule has 1 atom stereocenters. The average molecular weight is 306 g/mol. The molecule has 0 saturated carbocycles. The topological polar surface area (TPSA) is 55.8 Å². The van der Waals surface area contributed by atoms with E-state index in [-0.39, 0.29) is 30.9 Å². The molecule has 4 nitrogen and oxygen atoms in total. The third kappa shape index (κ3) is 6.03. The third-order valence-electron chi connectivity index (χ3n) is 2.60. The Morgan fingerprint density at radius 3 is 2.67 bits per heavy atom. The molecule has 0 saturated heterocycles. The van der Waals surface area contributed by atoms with Crippen molar-refractivity contribution >= 4 is 5.97 Å². The zero-order chi connectivity index (χ0) is 15.8. The Bertz CT molecular complexity index is 466. The maximum atomic E-state index is 13.8. The number of rotatable bonds is 8. The van der Waals surface area contributed by atoms with Crippen LogP contribution in [0.1, 0.15) is 31.4 Å². The molecule has 1 rings (SSSR count). The molecular formula is C14H17F3O4. The number of aliphatic hydroxyl groups excluding tert-OH is 1. The summed E-state index contributed by atoms with van der Waals surface area (Å²) in [5.74, 6) is -1.33. The summed E-state index contributed by atoms with van der Waals surface area (Å²) < 4.78 is 47.3. The van der Waals surface area contributed by atoms with Gasteiger partial charge in [-0.1, -0.05) is 0 Å². The summed E-state index contributed by atoms with van der Waals surface area (Å²) in [5, 5.41) is 9.76. The van der Waals surface area contributed by atoms with Gasteiger partial charge in [-0.3, -0.25) is 4.79 Å². The Kier molecular flexibility index (Phi) is 7.01. The first-order valence-electron chi connectivity index (χ1n) is 6.48. The lowest BCUT2D eigenvalue weighted by Crippen LogP contribution is -2.11. The molecule has 0 bridgehead atoms. The number of esters is 1. The first-order chi connectivity index (χ1) is 9.93. The molecule has 118 valence electrons. The van der Waals surface area contributed by atoms with Gasteiger partial charge in [-0.25, -0.2) is 13.2 Å². The second kappa shape index (κ2) is 8.51. The van der Waals surface area contributed by atoms with E-state index in [4.69, 9.17) is 4.74 Å². The van der Waals surface area contributed by atoms with Crippen molar-refractivity contribution in [1.29, 1.82) is 0 Å². The second-order valence-corrected chi connectivity index (χ2v) is 4.24. The molecule has 1 unspecified atom stereocenters. The number of ether oxygens (including phenoxy) is 2. The molecule has 7 heteroatoms. The summed E-state index contributed by atoms with van der Waals surface area (Å²) in [4.78, 5) is 11.2. The number of alkyl halides is 2. The van der Waals surface area contributed by atoms with E-state index in [2.05, 4.69) is 4.74 Å². The summed E-state index contributed by atoms with van der Waals surface area (Å²) in [6, 6.07) is 3.57. The van der Waals surface area contributed by atoms with Crippen molar-refractivity contribution in [2.24, 2.45) is 0 Å². The van der Waals surface area contributed by atoms with E-state index in [0.717, 1.165) is 6.07 Å². The van der Waals surface area contributed by atoms with Crippen LogP contribution in [0.3, 0.4) is 0 Å². The number of carbonyl (C=O) groups is 1. The van der Waals surface area contributed by atoms with Crippen molar-refractivity contribution in [1.82, 2.24) is 0 Å². The van der Waals surface area contributed by atoms with Gasteiger partial charge in [-0.15, -0.1) is 0 Å². The number of hydrogen-bond donors (Lipinski definition) is 1. The van der Waals surface area contributed by atoms with Crippen LogP contribution in [0.15, 0.2) is 18.2 Å². The smallest absolute Gasteiger partial charge is 0.308 e. The Balaban J connectivity index is 2.62. The monoisotopic (exact) mass is 306 g/mol. The van der Waals surface area contributed by atoms with Crippen molar-refractivity contribution in [3.63, 3.8) is 0 Å². The van der Waals surface area contributed by atoms with Gasteiger partial charge in [-0.2, -0.15) is 0 Å². The van der Waals surface area contributed by atoms with Crippen LogP contribution >= 0.6 is 0 Å². The maximum absolute atomic E-state index is 13.8. The van der Waals surface area contributed by atoms with E-state index >= 15 is 0 Å². The molecule has 21 heavy (non-hydrogen) atoms. The van der Waals surface area contributed by atoms with Crippen LogP contribution in [0.5, 0.6) is 5.75 Å². The van der Waals surface area contributed by atoms with E-state index < -0.39 is 30.7 Å². The van der Waals surface area contributed by atoms with Crippen LogP contribution < -0.4 is 4.74 Å². The van der Waals surface area contributed by atoms with E-state index in [1.165, 1.54) is 12.1 Å². The van der Waals surface area contributed by atoms with Gasteiger partial charge in [0.1, 0.15) is 11.6 Å². The predicted octanol–water partition coefficient (Wildman–Crippen LogP) is 2.85. The van der Waals surface area contributed by atoms with Crippen molar-refractivity contribution < 1.29 is 32.5 Å². The largest absolute Gasteiger partial charge is 0.493 e. The van der Waals surface area contributed by atoms with Crippen molar-refractivity contribution in [2.75, 3.05) is 13.2 Å². The van der Waals surface area contributed by atoms with Gasteiger partial charge in [0, 0.05) is 18.1 Å². The molecule has 0 heterocycles. The Hall–Kier alpha value is -1.76. The third-order valence-corrected chi connectivity index (χ3v) is 2.60. The molecule has 0 aromatic heterocycles. The van der Waals surface area contributed by atoms with Gasteiger partial charge in [-0.05, 0) is 19.1 Å². The minimum atomic E-state index is -2.49. The molecule has 0 radical (unpaired) electrons. The van der Waals surface area contributed by atoms with Crippen LogP contribution in [0.4, 0.5) is 13.2 Å². The lowest BCUT2D eigenvalue weighted by molar-refractivity contribution is -0.145. The fourth-order valence-corrected chi connectivity index (χ4v) is 1.62. The summed E-state index contributed by atoms with van der Waals surface area (Å²) in [5.41, 5.74) is -0.0794. The van der Waals surface area contributed by atoms with Gasteiger partial charge in [0.05, 0.1) is 25.7 Å². The number of hydrogen-bond acceptors (Lipinski definition) is 4. The van der Waals surface area contributed by atoms with Crippen LogP contribution in [0.2, 0.25) is 0 Å². The fourth-order valence-electron chi connectivity index (χ4n) is 1.62. The van der Waals surface area contributed by atoms with E-state index in [1.807, 2.05) is 0 Å². The lowest BCUT2D eigenvalue weighted by Gasteiger charge is -2.13. The molecule has 0 aliphatic heterocycles. The molecule has 1 aromatic rings. The van der Waals surface area contributed by atoms with Crippen molar-refractivity contribution in [3.05, 3.63) is 29.6 Å². The minimum Gasteiger partial charge on any atom is -0.493 e. The number of benzene rings is 1. The van der Waals surface area contributed by atoms with Gasteiger partial charge >= 0.3 is 5.97 Å². The van der Waals surface area contributed by atoms with Crippen LogP contribution in [-0.2, 0) is 9.53 Å². The maximum Gasteiger partial charge on any atom is 0.308 e. The Labute approximate surface area is 120 Å². The first kappa shape index (κ1) is 17.3. The normalized spacial score (nSPS) is 12.3. The molecule has 0 amide bonds. The highest BCUT2D eigenvalue weighted by Crippen LogP contribution is 2.24. The predicted molar refractivity (Wildman–Crippen MR) is 68.7 cm³/mol. The second-order valence-electron chi connectivity index (χ2n) is 4.24. The van der Waals surface area contributed by atoms with Gasteiger partial charge in [0.25, 0.3) is 0 Å². The fraction of sp³-hybridized carbons (Fsp3) is 0.500. The van der Waals surface area contributed by atoms with E-state index in [0.29, 0.717) is 0 Å². The quantitative estimate of drug-likeness (QED) is 0.750. The van der Waals surface area contributed by atoms with Crippen molar-refractivity contribution in [2.45, 2.75) is 32.3 Å². The zero-order valence-electron chi connectivity index (χ0n) is 11.5. The number of halogens is 3. The molecule has 0 aliphatic rings. The van der Waals surface area contributed by atoms with Gasteiger partial charge in [0.15, 0.2) is 0 Å². The molecule has 1 N–H and O–H groups in total. The first-order valence-corrected chi connectivity index (χ1v) is 6.48. The highest BCUT2D eigenvalue weighted by atomic mass is 19.3. The summed E-state index contributed by atoms with van der Waals surface area (Å²) in [7, 11) is 0. The highest BCUT2D eigenvalue weighted by Gasteiger charge is 2.18. The van der Waals surface area contributed by atoms with Gasteiger partial charge < -0.3 is 14.6 Å². The van der Waals surface area contributed by atoms with Crippen molar-refractivity contribution in [3.8, 4) is 5.75 Å². The highest BCUT2D eigenvalue weighted by molar-refractivity contribution is 5.70. The standard InChI is InChI=1S/C14H17F3O4/c1-2-20-14(19)8-12(18)10-4-3-9(7-11(10)15)21-6-5-13(16)17/h3-4,7,12-13,18H,2,5-6,8H2,1H3. The summed E-state index contributed by atoms with van der Waals surface area (Å²) >= 11 is 0. The summed E-state index contributed by atoms with van der Waals surface area (Å²) in [6.07, 6.45) is -4.63. The molecular weight excluding hydrogens is 289 g/mol. The van der Waals surface area contributed by atoms with Crippen LogP contribution in [0, 0.1) is 5.82 Å². The van der Waals surface area contributed by atoms with E-state index in [1.54, 1.807) is 6.92 Å². The molecule has 0 spiro atoms. The minimum absolute atomic E-state index is 0.0794. The number of carbonyl (C=O) groups excluding carboxylic acids is 1. The average Bonchev–Trinajstić information content (AvgIpc) is 2.38. The van der Waals surface area contributed by atoms with E-state index in [9.17, 15) is 23.1 Å². The molecule has 0 fully saturated rings. The molecule has 1 aromatic carbocycles. The summed E-state index contributed by atoms with van der Waals surface area (Å²) in [6.45, 7) is 1.56. The number of aliphatic hydroxyl groups is 1.